The van der Waals surface area contributed by atoms with E-state index in [1.54, 1.807) is 13.2 Å². The third kappa shape index (κ3) is 3.46. The molecule has 0 bridgehead atoms. The minimum absolute atomic E-state index is 0.0335. The lowest BCUT2D eigenvalue weighted by Gasteiger charge is -2.37. The molecular weight excluding hydrogens is 376 g/mol. The van der Waals surface area contributed by atoms with Gasteiger partial charge in [0.2, 0.25) is 10.0 Å². The Morgan fingerprint density at radius 1 is 1.27 bits per heavy atom. The molecule has 1 aromatic carbocycles. The molecule has 6 nitrogen and oxygen atoms in total. The van der Waals surface area contributed by atoms with E-state index in [-0.39, 0.29) is 13.1 Å². The lowest BCUT2D eigenvalue weighted by Crippen LogP contribution is -2.49. The third-order valence-electron chi connectivity index (χ3n) is 4.32. The van der Waals surface area contributed by atoms with Crippen LogP contribution in [0.3, 0.4) is 0 Å². The molecule has 1 N–H and O–H groups in total. The number of halogens is 4. The average Bonchev–Trinajstić information content (AvgIpc) is 3.08. The van der Waals surface area contributed by atoms with Crippen LogP contribution in [0, 0.1) is 5.82 Å². The van der Waals surface area contributed by atoms with Crippen LogP contribution >= 0.6 is 0 Å². The maximum Gasteiger partial charge on any atom is 0.416 e. The molecule has 1 saturated heterocycles. The maximum atomic E-state index is 14.1. The molecule has 0 aliphatic carbocycles. The van der Waals surface area contributed by atoms with Gasteiger partial charge in [-0.3, -0.25) is 4.90 Å². The molecule has 1 fully saturated rings. The molecule has 0 radical (unpaired) electrons. The van der Waals surface area contributed by atoms with Crippen LogP contribution in [0.5, 0.6) is 0 Å². The number of alkyl halides is 3. The molecule has 0 saturated carbocycles. The maximum absolute atomic E-state index is 14.1. The van der Waals surface area contributed by atoms with E-state index in [1.807, 2.05) is 4.90 Å². The highest BCUT2D eigenvalue weighted by Crippen LogP contribution is 2.33. The van der Waals surface area contributed by atoms with Crippen molar-refractivity contribution in [3.8, 4) is 0 Å². The number of H-pyrrole nitrogens is 1. The fourth-order valence-electron chi connectivity index (χ4n) is 2.84. The number of imidazole rings is 1. The molecule has 3 rings (SSSR count). The predicted molar refractivity (Wildman–Crippen MR) is 84.1 cm³/mol. The summed E-state index contributed by atoms with van der Waals surface area (Å²) in [6.45, 7) is 0.305. The second kappa shape index (κ2) is 6.63. The minimum Gasteiger partial charge on any atom is -0.347 e. The Bertz CT molecular complexity index is 884. The molecule has 1 aromatic heterocycles. The van der Waals surface area contributed by atoms with Crippen molar-refractivity contribution < 1.29 is 26.0 Å². The molecule has 0 amide bonds. The zero-order chi connectivity index (χ0) is 19.1. The van der Waals surface area contributed by atoms with Gasteiger partial charge in [0.05, 0.1) is 11.6 Å². The molecule has 2 heterocycles. The minimum atomic E-state index is -4.77. The van der Waals surface area contributed by atoms with E-state index in [0.29, 0.717) is 30.6 Å². The fraction of sp³-hybridized carbons (Fsp3) is 0.400. The third-order valence-corrected chi connectivity index (χ3v) is 6.20. The highest BCUT2D eigenvalue weighted by atomic mass is 32.2. The first-order valence-electron chi connectivity index (χ1n) is 7.67. The van der Waals surface area contributed by atoms with Gasteiger partial charge in [-0.15, -0.1) is 0 Å². The van der Waals surface area contributed by atoms with Gasteiger partial charge in [0.25, 0.3) is 0 Å². The van der Waals surface area contributed by atoms with E-state index in [1.165, 1.54) is 6.20 Å². The monoisotopic (exact) mass is 392 g/mol. The number of rotatable bonds is 3. The van der Waals surface area contributed by atoms with Crippen LogP contribution in [0.15, 0.2) is 35.5 Å². The summed E-state index contributed by atoms with van der Waals surface area (Å²) in [4.78, 5) is 7.89. The summed E-state index contributed by atoms with van der Waals surface area (Å²) in [5.41, 5.74) is -1.21. The number of nitrogens with zero attached hydrogens (tertiary/aromatic N) is 3. The molecule has 1 aliphatic rings. The van der Waals surface area contributed by atoms with Crippen molar-refractivity contribution in [3.63, 3.8) is 0 Å². The first kappa shape index (κ1) is 18.8. The van der Waals surface area contributed by atoms with Crippen LogP contribution in [-0.4, -0.2) is 54.3 Å². The Kier molecular flexibility index (Phi) is 4.80. The summed E-state index contributed by atoms with van der Waals surface area (Å²) in [6, 6.07) is 0.965. The summed E-state index contributed by atoms with van der Waals surface area (Å²) in [5.74, 6) is -0.691. The van der Waals surface area contributed by atoms with Gasteiger partial charge in [-0.1, -0.05) is 0 Å². The molecule has 11 heteroatoms. The van der Waals surface area contributed by atoms with Gasteiger partial charge in [0.1, 0.15) is 16.5 Å². The smallest absolute Gasteiger partial charge is 0.347 e. The number of benzene rings is 1. The second-order valence-corrected chi connectivity index (χ2v) is 7.88. The Morgan fingerprint density at radius 2 is 2.00 bits per heavy atom. The molecule has 1 atom stereocenters. The first-order chi connectivity index (χ1) is 12.1. The molecule has 2 aromatic rings. The van der Waals surface area contributed by atoms with Crippen LogP contribution in [0.2, 0.25) is 0 Å². The Hall–Kier alpha value is -1.98. The number of hydrogen-bond acceptors (Lipinski definition) is 4. The van der Waals surface area contributed by atoms with Crippen LogP contribution in [0.4, 0.5) is 17.6 Å². The number of hydrogen-bond donors (Lipinski definition) is 1. The van der Waals surface area contributed by atoms with Crippen molar-refractivity contribution in [1.29, 1.82) is 0 Å². The Balaban J connectivity index is 1.95. The van der Waals surface area contributed by atoms with Crippen molar-refractivity contribution in [2.75, 3.05) is 26.7 Å². The van der Waals surface area contributed by atoms with E-state index >= 15 is 0 Å². The van der Waals surface area contributed by atoms with Crippen LogP contribution in [0.25, 0.3) is 0 Å². The zero-order valence-corrected chi connectivity index (χ0v) is 14.5. The lowest BCUT2D eigenvalue weighted by molar-refractivity contribution is -0.137. The molecule has 0 unspecified atom stereocenters. The van der Waals surface area contributed by atoms with Crippen molar-refractivity contribution in [2.24, 2.45) is 0 Å². The fourth-order valence-corrected chi connectivity index (χ4v) is 4.37. The van der Waals surface area contributed by atoms with E-state index in [0.717, 1.165) is 4.31 Å². The highest BCUT2D eigenvalue weighted by molar-refractivity contribution is 7.89. The van der Waals surface area contributed by atoms with E-state index in [9.17, 15) is 26.0 Å². The number of sulfonamides is 1. The standard InChI is InChI=1S/C15H16F4N4O2S/c1-22-6-7-23(9-12(22)14-20-4-5-21-14)26(24,25)13-8-10(15(17,18)19)2-3-11(13)16/h2-5,8,12H,6-7,9H2,1H3,(H,20,21)/t12-/m0/s1. The summed E-state index contributed by atoms with van der Waals surface area (Å²) in [7, 11) is -2.65. The first-order valence-corrected chi connectivity index (χ1v) is 9.11. The second-order valence-electron chi connectivity index (χ2n) is 5.98. The van der Waals surface area contributed by atoms with Crippen LogP contribution < -0.4 is 0 Å². The van der Waals surface area contributed by atoms with Crippen molar-refractivity contribution >= 4 is 10.0 Å². The summed E-state index contributed by atoms with van der Waals surface area (Å²) in [5, 5.41) is 0. The zero-order valence-electron chi connectivity index (χ0n) is 13.7. The molecule has 1 aliphatic heterocycles. The molecule has 142 valence electrons. The van der Waals surface area contributed by atoms with Crippen LogP contribution in [0.1, 0.15) is 17.4 Å². The van der Waals surface area contributed by atoms with E-state index in [2.05, 4.69) is 9.97 Å². The Labute approximate surface area is 147 Å². The van der Waals surface area contributed by atoms with Gasteiger partial charge in [-0.05, 0) is 25.2 Å². The number of piperazine rings is 1. The summed E-state index contributed by atoms with van der Waals surface area (Å²) < 4.78 is 79.2. The van der Waals surface area contributed by atoms with Gasteiger partial charge < -0.3 is 4.98 Å². The van der Waals surface area contributed by atoms with Gasteiger partial charge in [-0.25, -0.2) is 17.8 Å². The number of aromatic amines is 1. The molecular formula is C15H16F4N4O2S. The molecule has 0 spiro atoms. The predicted octanol–water partition coefficient (Wildman–Crippen LogP) is 2.25. The SMILES string of the molecule is CN1CCN(S(=O)(=O)c2cc(C(F)(F)F)ccc2F)C[C@H]1c1ncc[nH]1. The van der Waals surface area contributed by atoms with Gasteiger partial charge in [0.15, 0.2) is 0 Å². The normalized spacial score (nSPS) is 20.4. The van der Waals surface area contributed by atoms with Gasteiger partial charge >= 0.3 is 6.18 Å². The van der Waals surface area contributed by atoms with Crippen LogP contribution in [-0.2, 0) is 16.2 Å². The van der Waals surface area contributed by atoms with Gasteiger partial charge in [0, 0.05) is 32.0 Å². The quantitative estimate of drug-likeness (QED) is 0.814. The summed E-state index contributed by atoms with van der Waals surface area (Å²) in [6.07, 6.45) is -1.66. The number of likely N-dealkylation sites (N-methyl/N-ethyl adjacent to an activating group) is 1. The molecule has 26 heavy (non-hydrogen) atoms. The van der Waals surface area contributed by atoms with Gasteiger partial charge in [-0.2, -0.15) is 17.5 Å². The number of nitrogens with one attached hydrogen (secondary N) is 1. The van der Waals surface area contributed by atoms with Crippen molar-refractivity contribution in [1.82, 2.24) is 19.2 Å². The largest absolute Gasteiger partial charge is 0.416 e. The summed E-state index contributed by atoms with van der Waals surface area (Å²) >= 11 is 0. The van der Waals surface area contributed by atoms with E-state index in [4.69, 9.17) is 0 Å². The van der Waals surface area contributed by atoms with Crippen molar-refractivity contribution in [3.05, 3.63) is 47.8 Å². The van der Waals surface area contributed by atoms with E-state index < -0.39 is 38.5 Å². The number of aromatic nitrogens is 2. The lowest BCUT2D eigenvalue weighted by atomic mass is 10.2. The van der Waals surface area contributed by atoms with Crippen molar-refractivity contribution in [2.45, 2.75) is 17.1 Å². The Morgan fingerprint density at radius 3 is 2.62 bits per heavy atom. The average molecular weight is 392 g/mol. The highest BCUT2D eigenvalue weighted by Gasteiger charge is 2.38. The topological polar surface area (TPSA) is 69.3 Å².